The lowest BCUT2D eigenvalue weighted by Gasteiger charge is -2.22. The molecule has 4 rings (SSSR count). The van der Waals surface area contributed by atoms with E-state index in [1.165, 1.54) is 5.56 Å². The Bertz CT molecular complexity index is 991. The molecule has 3 heterocycles. The Labute approximate surface area is 177 Å². The second-order valence-corrected chi connectivity index (χ2v) is 7.66. The Balaban J connectivity index is 1.52. The third-order valence-electron chi connectivity index (χ3n) is 5.42. The van der Waals surface area contributed by atoms with E-state index in [0.717, 1.165) is 48.6 Å². The number of pyridine rings is 2. The maximum atomic E-state index is 10.0. The molecule has 6 heteroatoms. The van der Waals surface area contributed by atoms with Gasteiger partial charge in [0.1, 0.15) is 6.10 Å². The highest BCUT2D eigenvalue weighted by Gasteiger charge is 2.26. The zero-order valence-corrected chi connectivity index (χ0v) is 17.5. The maximum absolute atomic E-state index is 10.0. The summed E-state index contributed by atoms with van der Waals surface area (Å²) in [5.41, 5.74) is 5.93. The smallest absolute Gasteiger partial charge is 0.213 e. The second kappa shape index (κ2) is 9.24. The standard InChI is InChI=1S/C24H28N4O2/c1-17-7-10-24(26-13-17)30-19-11-12-28(15-19)23-9-8-21(27-22(23)16-29)20-6-4-3-5-18(20)14-25-2/h3-10,13,19,25,29H,11-12,14-16H2,1-2H3/t19-/m0/s1. The Morgan fingerprint density at radius 2 is 2.03 bits per heavy atom. The number of aliphatic hydroxyl groups is 1. The monoisotopic (exact) mass is 404 g/mol. The summed E-state index contributed by atoms with van der Waals surface area (Å²) in [6.45, 7) is 4.30. The van der Waals surface area contributed by atoms with E-state index >= 15 is 0 Å². The highest BCUT2D eigenvalue weighted by molar-refractivity contribution is 5.67. The molecule has 2 aromatic heterocycles. The summed E-state index contributed by atoms with van der Waals surface area (Å²) in [5.74, 6) is 0.657. The van der Waals surface area contributed by atoms with Crippen LogP contribution in [0.3, 0.4) is 0 Å². The largest absolute Gasteiger partial charge is 0.472 e. The van der Waals surface area contributed by atoms with E-state index in [2.05, 4.69) is 33.4 Å². The van der Waals surface area contributed by atoms with Gasteiger partial charge in [-0.1, -0.05) is 30.3 Å². The van der Waals surface area contributed by atoms with E-state index in [1.54, 1.807) is 0 Å². The van der Waals surface area contributed by atoms with Crippen LogP contribution >= 0.6 is 0 Å². The molecular weight excluding hydrogens is 376 g/mol. The van der Waals surface area contributed by atoms with Crippen LogP contribution in [0.1, 0.15) is 23.2 Å². The molecule has 0 amide bonds. The van der Waals surface area contributed by atoms with Gasteiger partial charge in [-0.05, 0) is 37.2 Å². The maximum Gasteiger partial charge on any atom is 0.213 e. The molecular formula is C24H28N4O2. The fourth-order valence-corrected chi connectivity index (χ4v) is 3.90. The van der Waals surface area contributed by atoms with Crippen LogP contribution in [0.4, 0.5) is 5.69 Å². The van der Waals surface area contributed by atoms with Crippen LogP contribution in [-0.4, -0.2) is 41.3 Å². The van der Waals surface area contributed by atoms with Crippen LogP contribution in [0.5, 0.6) is 5.88 Å². The van der Waals surface area contributed by atoms with Crippen molar-refractivity contribution < 1.29 is 9.84 Å². The van der Waals surface area contributed by atoms with E-state index in [-0.39, 0.29) is 12.7 Å². The molecule has 0 radical (unpaired) electrons. The molecule has 1 saturated heterocycles. The number of aromatic nitrogens is 2. The number of hydrogen-bond acceptors (Lipinski definition) is 6. The van der Waals surface area contributed by atoms with Gasteiger partial charge in [0.15, 0.2) is 0 Å². The van der Waals surface area contributed by atoms with Crippen LogP contribution in [-0.2, 0) is 13.2 Å². The molecule has 1 aliphatic heterocycles. The first kappa shape index (κ1) is 20.3. The van der Waals surface area contributed by atoms with E-state index < -0.39 is 0 Å². The number of benzene rings is 1. The molecule has 0 spiro atoms. The third kappa shape index (κ3) is 4.45. The molecule has 2 N–H and O–H groups in total. The lowest BCUT2D eigenvalue weighted by Crippen LogP contribution is -2.26. The van der Waals surface area contributed by atoms with Gasteiger partial charge in [-0.15, -0.1) is 0 Å². The minimum Gasteiger partial charge on any atom is -0.472 e. The molecule has 1 fully saturated rings. The van der Waals surface area contributed by atoms with Gasteiger partial charge in [0.2, 0.25) is 5.88 Å². The van der Waals surface area contributed by atoms with Crippen molar-refractivity contribution in [2.75, 3.05) is 25.0 Å². The molecule has 1 aromatic carbocycles. The highest BCUT2D eigenvalue weighted by Crippen LogP contribution is 2.29. The number of nitrogens with one attached hydrogen (secondary N) is 1. The molecule has 6 nitrogen and oxygen atoms in total. The number of nitrogens with zero attached hydrogens (tertiary/aromatic N) is 3. The van der Waals surface area contributed by atoms with Crippen molar-refractivity contribution in [1.82, 2.24) is 15.3 Å². The summed E-state index contributed by atoms with van der Waals surface area (Å²) < 4.78 is 6.05. The van der Waals surface area contributed by atoms with Crippen molar-refractivity contribution in [3.8, 4) is 17.1 Å². The lowest BCUT2D eigenvalue weighted by atomic mass is 10.0. The topological polar surface area (TPSA) is 70.5 Å². The third-order valence-corrected chi connectivity index (χ3v) is 5.42. The fourth-order valence-electron chi connectivity index (χ4n) is 3.90. The number of ether oxygens (including phenoxy) is 1. The quantitative estimate of drug-likeness (QED) is 0.630. The van der Waals surface area contributed by atoms with Gasteiger partial charge in [0, 0.05) is 37.3 Å². The Morgan fingerprint density at radius 1 is 1.17 bits per heavy atom. The molecule has 156 valence electrons. The van der Waals surface area contributed by atoms with Crippen LogP contribution in [0, 0.1) is 6.92 Å². The zero-order valence-electron chi connectivity index (χ0n) is 17.5. The number of aliphatic hydroxyl groups excluding tert-OH is 1. The first-order chi connectivity index (χ1) is 14.7. The van der Waals surface area contributed by atoms with Crippen molar-refractivity contribution in [2.45, 2.75) is 32.6 Å². The number of rotatable bonds is 7. The summed E-state index contributed by atoms with van der Waals surface area (Å²) in [5, 5.41) is 13.2. The summed E-state index contributed by atoms with van der Waals surface area (Å²) in [4.78, 5) is 11.4. The number of hydrogen-bond donors (Lipinski definition) is 2. The van der Waals surface area contributed by atoms with Crippen LogP contribution in [0.2, 0.25) is 0 Å². The van der Waals surface area contributed by atoms with Crippen molar-refractivity contribution >= 4 is 5.69 Å². The average molecular weight is 405 g/mol. The van der Waals surface area contributed by atoms with E-state index in [0.29, 0.717) is 11.6 Å². The number of anilines is 1. The first-order valence-corrected chi connectivity index (χ1v) is 10.4. The van der Waals surface area contributed by atoms with Gasteiger partial charge in [-0.2, -0.15) is 0 Å². The van der Waals surface area contributed by atoms with Crippen molar-refractivity contribution in [1.29, 1.82) is 0 Å². The minimum absolute atomic E-state index is 0.0720. The minimum atomic E-state index is -0.0983. The van der Waals surface area contributed by atoms with E-state index in [4.69, 9.17) is 9.72 Å². The van der Waals surface area contributed by atoms with Gasteiger partial charge >= 0.3 is 0 Å². The van der Waals surface area contributed by atoms with E-state index in [1.807, 2.05) is 50.5 Å². The Kier molecular flexibility index (Phi) is 6.26. The summed E-state index contributed by atoms with van der Waals surface area (Å²) in [6, 6.07) is 16.2. The molecule has 1 aliphatic rings. The predicted molar refractivity (Wildman–Crippen MR) is 119 cm³/mol. The van der Waals surface area contributed by atoms with Gasteiger partial charge in [0.05, 0.1) is 30.2 Å². The van der Waals surface area contributed by atoms with Gasteiger partial charge < -0.3 is 20.1 Å². The van der Waals surface area contributed by atoms with Crippen LogP contribution in [0.15, 0.2) is 54.7 Å². The molecule has 30 heavy (non-hydrogen) atoms. The van der Waals surface area contributed by atoms with Crippen LogP contribution in [0.25, 0.3) is 11.3 Å². The second-order valence-electron chi connectivity index (χ2n) is 7.66. The lowest BCUT2D eigenvalue weighted by molar-refractivity contribution is 0.215. The van der Waals surface area contributed by atoms with Crippen molar-refractivity contribution in [3.63, 3.8) is 0 Å². The molecule has 3 aromatic rings. The highest BCUT2D eigenvalue weighted by atomic mass is 16.5. The first-order valence-electron chi connectivity index (χ1n) is 10.4. The molecule has 0 unspecified atom stereocenters. The summed E-state index contributed by atoms with van der Waals surface area (Å²) >= 11 is 0. The summed E-state index contributed by atoms with van der Waals surface area (Å²) in [7, 11) is 1.93. The zero-order chi connectivity index (χ0) is 20.9. The molecule has 1 atom stereocenters. The SMILES string of the molecule is CNCc1ccccc1-c1ccc(N2CC[C@H](Oc3ccc(C)cn3)C2)c(CO)n1. The van der Waals surface area contributed by atoms with E-state index in [9.17, 15) is 5.11 Å². The molecule has 0 bridgehead atoms. The van der Waals surface area contributed by atoms with Gasteiger partial charge in [-0.25, -0.2) is 9.97 Å². The number of aryl methyl sites for hydroxylation is 1. The molecule has 0 aliphatic carbocycles. The normalized spacial score (nSPS) is 16.1. The van der Waals surface area contributed by atoms with Crippen molar-refractivity contribution in [3.05, 3.63) is 71.5 Å². The predicted octanol–water partition coefficient (Wildman–Crippen LogP) is 3.32. The Hall–Kier alpha value is -2.96. The van der Waals surface area contributed by atoms with Crippen molar-refractivity contribution in [2.24, 2.45) is 0 Å². The van der Waals surface area contributed by atoms with Crippen LogP contribution < -0.4 is 15.0 Å². The molecule has 0 saturated carbocycles. The summed E-state index contributed by atoms with van der Waals surface area (Å²) in [6.07, 6.45) is 2.80. The van der Waals surface area contributed by atoms with Gasteiger partial charge in [0.25, 0.3) is 0 Å². The average Bonchev–Trinajstić information content (AvgIpc) is 3.24. The Morgan fingerprint density at radius 3 is 2.80 bits per heavy atom. The van der Waals surface area contributed by atoms with Gasteiger partial charge in [-0.3, -0.25) is 0 Å². The fraction of sp³-hybridized carbons (Fsp3) is 0.333.